The van der Waals surface area contributed by atoms with Gasteiger partial charge in [-0.05, 0) is 38.5 Å². The summed E-state index contributed by atoms with van der Waals surface area (Å²) in [5, 5.41) is 0.952. The van der Waals surface area contributed by atoms with E-state index in [1.807, 2.05) is 0 Å². The van der Waals surface area contributed by atoms with Crippen LogP contribution in [0.2, 0.25) is 0 Å². The van der Waals surface area contributed by atoms with Gasteiger partial charge < -0.3 is 4.74 Å². The van der Waals surface area contributed by atoms with Crippen molar-refractivity contribution >= 4 is 5.91 Å². The number of amides is 1. The lowest BCUT2D eigenvalue weighted by atomic mass is 9.93. The van der Waals surface area contributed by atoms with Gasteiger partial charge in [-0.3, -0.25) is 10.2 Å². The number of ether oxygens (including phenoxy) is 1. The summed E-state index contributed by atoms with van der Waals surface area (Å²) in [5.74, 6) is -0.0400. The monoisotopic (exact) mass is 316 g/mol. The summed E-state index contributed by atoms with van der Waals surface area (Å²) in [6, 6.07) is 3.96. The number of alkyl halides is 3. The van der Waals surface area contributed by atoms with Crippen LogP contribution < -0.4 is 10.2 Å². The zero-order valence-electron chi connectivity index (χ0n) is 12.7. The largest absolute Gasteiger partial charge is 0.494 e. The van der Waals surface area contributed by atoms with Gasteiger partial charge in [0.15, 0.2) is 0 Å². The molecule has 1 aliphatic rings. The molecule has 0 aliphatic carbocycles. The third kappa shape index (κ3) is 3.35. The number of hydrazine groups is 1. The molecule has 1 N–H and O–H groups in total. The van der Waals surface area contributed by atoms with Gasteiger partial charge in [-0.2, -0.15) is 13.2 Å². The second kappa shape index (κ2) is 5.79. The van der Waals surface area contributed by atoms with Crippen LogP contribution in [0.3, 0.4) is 0 Å². The highest BCUT2D eigenvalue weighted by Crippen LogP contribution is 2.41. The van der Waals surface area contributed by atoms with E-state index in [-0.39, 0.29) is 12.1 Å². The second-order valence-corrected chi connectivity index (χ2v) is 5.90. The van der Waals surface area contributed by atoms with Crippen molar-refractivity contribution in [3.05, 3.63) is 29.8 Å². The van der Waals surface area contributed by atoms with Gasteiger partial charge in [0.05, 0.1) is 12.0 Å². The van der Waals surface area contributed by atoms with E-state index >= 15 is 0 Å². The summed E-state index contributed by atoms with van der Waals surface area (Å²) >= 11 is 0. The number of carbonyl (C=O) groups excluding carboxylic acids is 1. The van der Waals surface area contributed by atoms with E-state index in [1.165, 1.54) is 18.2 Å². The molecule has 1 aliphatic heterocycles. The van der Waals surface area contributed by atoms with Crippen molar-refractivity contribution in [2.24, 2.45) is 5.41 Å². The van der Waals surface area contributed by atoms with Crippen LogP contribution >= 0.6 is 0 Å². The first-order valence-corrected chi connectivity index (χ1v) is 7.02. The van der Waals surface area contributed by atoms with Gasteiger partial charge in [0.2, 0.25) is 5.91 Å². The Morgan fingerprint density at radius 3 is 2.59 bits per heavy atom. The molecule has 4 nitrogen and oxygen atoms in total. The van der Waals surface area contributed by atoms with Crippen molar-refractivity contribution < 1.29 is 22.7 Å². The maximum absolute atomic E-state index is 13.5. The average Bonchev–Trinajstić information content (AvgIpc) is 2.62. The highest BCUT2D eigenvalue weighted by molar-refractivity contribution is 5.83. The van der Waals surface area contributed by atoms with Crippen molar-refractivity contribution in [1.29, 1.82) is 0 Å². The van der Waals surface area contributed by atoms with Gasteiger partial charge in [0.1, 0.15) is 11.8 Å². The first kappa shape index (κ1) is 16.6. The van der Waals surface area contributed by atoms with Crippen LogP contribution in [0.1, 0.15) is 32.4 Å². The van der Waals surface area contributed by atoms with Crippen molar-refractivity contribution in [2.45, 2.75) is 33.0 Å². The van der Waals surface area contributed by atoms with E-state index in [9.17, 15) is 18.0 Å². The summed E-state index contributed by atoms with van der Waals surface area (Å²) in [5.41, 5.74) is 1.51. The van der Waals surface area contributed by atoms with Crippen LogP contribution in [0.4, 0.5) is 13.2 Å². The highest BCUT2D eigenvalue weighted by atomic mass is 19.4. The van der Waals surface area contributed by atoms with Crippen LogP contribution in [-0.4, -0.2) is 30.2 Å². The van der Waals surface area contributed by atoms with Gasteiger partial charge in [-0.15, -0.1) is 0 Å². The first-order chi connectivity index (χ1) is 10.1. The fraction of sp³-hybridized carbons (Fsp3) is 0.533. The fourth-order valence-electron chi connectivity index (χ4n) is 2.46. The van der Waals surface area contributed by atoms with Crippen molar-refractivity contribution in [1.82, 2.24) is 10.4 Å². The Bertz CT molecular complexity index is 558. The molecule has 1 aromatic rings. The number of rotatable bonds is 4. The minimum Gasteiger partial charge on any atom is -0.494 e. The predicted molar refractivity (Wildman–Crippen MR) is 75.0 cm³/mol. The normalized spacial score (nSPS) is 19.8. The Morgan fingerprint density at radius 1 is 1.41 bits per heavy atom. The Balaban J connectivity index is 2.36. The fourth-order valence-corrected chi connectivity index (χ4v) is 2.46. The molecule has 22 heavy (non-hydrogen) atoms. The van der Waals surface area contributed by atoms with E-state index in [0.29, 0.717) is 12.4 Å². The molecule has 1 fully saturated rings. The molecular weight excluding hydrogens is 297 g/mol. The van der Waals surface area contributed by atoms with Crippen LogP contribution in [-0.2, 0) is 4.79 Å². The Kier molecular flexibility index (Phi) is 4.37. The molecule has 1 unspecified atom stereocenters. The third-order valence-electron chi connectivity index (χ3n) is 3.53. The Labute approximate surface area is 127 Å². The molecule has 1 heterocycles. The number of benzene rings is 1. The lowest BCUT2D eigenvalue weighted by Gasteiger charge is -2.30. The minimum atomic E-state index is -4.52. The average molecular weight is 316 g/mol. The molecule has 2 rings (SSSR count). The van der Waals surface area contributed by atoms with Crippen LogP contribution in [0.25, 0.3) is 0 Å². The van der Waals surface area contributed by atoms with Crippen molar-refractivity contribution in [2.75, 3.05) is 13.2 Å². The molecule has 0 saturated carbocycles. The number of carbonyl (C=O) groups is 1. The molecule has 1 saturated heterocycles. The number of hydrogen-bond acceptors (Lipinski definition) is 3. The van der Waals surface area contributed by atoms with Crippen molar-refractivity contribution in [3.63, 3.8) is 0 Å². The summed E-state index contributed by atoms with van der Waals surface area (Å²) in [6.45, 7) is 5.35. The maximum Gasteiger partial charge on any atom is 0.409 e. The van der Waals surface area contributed by atoms with Crippen LogP contribution in [0, 0.1) is 5.41 Å². The number of hydrogen-bond donors (Lipinski definition) is 1. The Hall–Kier alpha value is -1.76. The van der Waals surface area contributed by atoms with E-state index in [2.05, 4.69) is 5.43 Å². The van der Waals surface area contributed by atoms with Gasteiger partial charge in [-0.1, -0.05) is 12.1 Å². The van der Waals surface area contributed by atoms with Gasteiger partial charge in [0, 0.05) is 6.54 Å². The second-order valence-electron chi connectivity index (χ2n) is 5.90. The standard InChI is InChI=1S/C15H19F3N2O2/c1-4-22-11-7-5-6-10(8-11)12(15(16,17)18)20-9-14(2,3)13(21)19-20/h5-8,12H,4,9H2,1-3H3,(H,19,21). The molecule has 1 aromatic carbocycles. The van der Waals surface area contributed by atoms with Gasteiger partial charge >= 0.3 is 6.18 Å². The smallest absolute Gasteiger partial charge is 0.409 e. The molecule has 1 amide bonds. The Morgan fingerprint density at radius 2 is 2.09 bits per heavy atom. The van der Waals surface area contributed by atoms with E-state index in [0.717, 1.165) is 5.01 Å². The van der Waals surface area contributed by atoms with E-state index in [4.69, 9.17) is 4.74 Å². The van der Waals surface area contributed by atoms with Crippen LogP contribution in [0.5, 0.6) is 5.75 Å². The molecule has 0 spiro atoms. The van der Waals surface area contributed by atoms with Gasteiger partial charge in [0.25, 0.3) is 0 Å². The van der Waals surface area contributed by atoms with Gasteiger partial charge in [-0.25, -0.2) is 5.01 Å². The summed E-state index contributed by atoms with van der Waals surface area (Å²) < 4.78 is 45.8. The lowest BCUT2D eigenvalue weighted by molar-refractivity contribution is -0.191. The SMILES string of the molecule is CCOc1cccc(C(N2CC(C)(C)C(=O)N2)C(F)(F)F)c1. The minimum absolute atomic E-state index is 0.0190. The summed E-state index contributed by atoms with van der Waals surface area (Å²) in [6.07, 6.45) is -4.52. The topological polar surface area (TPSA) is 41.6 Å². The zero-order valence-corrected chi connectivity index (χ0v) is 12.7. The molecular formula is C15H19F3N2O2. The molecule has 7 heteroatoms. The summed E-state index contributed by atoms with van der Waals surface area (Å²) in [7, 11) is 0. The number of halogens is 3. The molecule has 0 aromatic heterocycles. The molecule has 1 atom stereocenters. The highest BCUT2D eigenvalue weighted by Gasteiger charge is 2.51. The molecule has 0 radical (unpaired) electrons. The van der Waals surface area contributed by atoms with Crippen LogP contribution in [0.15, 0.2) is 24.3 Å². The zero-order chi connectivity index (χ0) is 16.5. The molecule has 0 bridgehead atoms. The molecule has 122 valence electrons. The van der Waals surface area contributed by atoms with E-state index < -0.39 is 23.5 Å². The quantitative estimate of drug-likeness (QED) is 0.928. The number of nitrogens with one attached hydrogen (secondary N) is 1. The summed E-state index contributed by atoms with van der Waals surface area (Å²) in [4.78, 5) is 11.8. The van der Waals surface area contributed by atoms with Crippen molar-refractivity contribution in [3.8, 4) is 5.75 Å². The van der Waals surface area contributed by atoms with E-state index in [1.54, 1.807) is 26.8 Å². The first-order valence-electron chi connectivity index (χ1n) is 7.02. The maximum atomic E-state index is 13.5. The number of nitrogens with zero attached hydrogens (tertiary/aromatic N) is 1. The lowest BCUT2D eigenvalue weighted by Crippen LogP contribution is -2.43. The third-order valence-corrected chi connectivity index (χ3v) is 3.53. The predicted octanol–water partition coefficient (Wildman–Crippen LogP) is 3.06.